The Morgan fingerprint density at radius 2 is 2.36 bits per heavy atom. The Bertz CT molecular complexity index is 956. The summed E-state index contributed by atoms with van der Waals surface area (Å²) in [5, 5.41) is 26.9. The lowest BCUT2D eigenvalue weighted by atomic mass is 9.79. The van der Waals surface area contributed by atoms with Crippen LogP contribution in [0.1, 0.15) is 41.4 Å². The van der Waals surface area contributed by atoms with E-state index in [9.17, 15) is 15.1 Å². The average Bonchev–Trinajstić information content (AvgIpc) is 3.23. The van der Waals surface area contributed by atoms with Crippen molar-refractivity contribution in [3.63, 3.8) is 0 Å². The van der Waals surface area contributed by atoms with E-state index in [2.05, 4.69) is 16.5 Å². The molecule has 10 heteroatoms. The van der Waals surface area contributed by atoms with Crippen molar-refractivity contribution in [2.75, 3.05) is 18.5 Å². The highest BCUT2D eigenvalue weighted by molar-refractivity contribution is 6.61. The molecule has 0 bridgehead atoms. The normalized spacial score (nSPS) is 23.9. The van der Waals surface area contributed by atoms with Gasteiger partial charge in [0.2, 0.25) is 0 Å². The molecule has 0 radical (unpaired) electrons. The molecule has 1 fully saturated rings. The number of carbonyl (C=O) groups excluding carboxylic acids is 1. The number of nitrogens with zero attached hydrogens (tertiary/aromatic N) is 3. The van der Waals surface area contributed by atoms with Crippen molar-refractivity contribution >= 4 is 30.0 Å². The van der Waals surface area contributed by atoms with E-state index in [1.807, 2.05) is 13.0 Å². The van der Waals surface area contributed by atoms with Crippen LogP contribution in [0.4, 0.5) is 11.5 Å². The molecule has 0 saturated carbocycles. The standard InChI is InChI=1S/C18H20BN5O4/c1-10-13-6-12(2-3-15(13)19(26)28-10)22-18-14(17(21)25)8-24(23-18)16-9-27-5-4-11(16)7-20/h2-3,6,8,10-11,16,26H,4-5,9H2,1H3,(H2,21,25)(H,22,23)/t10?,11-,16?/m1/s1. The molecule has 1 saturated heterocycles. The van der Waals surface area contributed by atoms with Gasteiger partial charge in [0.25, 0.3) is 5.91 Å². The third-order valence-corrected chi connectivity index (χ3v) is 5.22. The van der Waals surface area contributed by atoms with E-state index in [-0.39, 0.29) is 23.6 Å². The van der Waals surface area contributed by atoms with Crippen LogP contribution in [-0.4, -0.2) is 41.0 Å². The number of benzene rings is 1. The van der Waals surface area contributed by atoms with Crippen LogP contribution in [0.15, 0.2) is 24.4 Å². The van der Waals surface area contributed by atoms with Gasteiger partial charge in [-0.15, -0.1) is 0 Å². The molecule has 1 aromatic carbocycles. The van der Waals surface area contributed by atoms with E-state index >= 15 is 0 Å². The summed E-state index contributed by atoms with van der Waals surface area (Å²) >= 11 is 0. The summed E-state index contributed by atoms with van der Waals surface area (Å²) in [5.41, 5.74) is 8.02. The summed E-state index contributed by atoms with van der Waals surface area (Å²) in [7, 11) is -0.936. The minimum atomic E-state index is -0.936. The van der Waals surface area contributed by atoms with Crippen LogP contribution in [0.25, 0.3) is 0 Å². The quantitative estimate of drug-likeness (QED) is 0.660. The zero-order valence-corrected chi connectivity index (χ0v) is 15.3. The van der Waals surface area contributed by atoms with Crippen LogP contribution in [0.2, 0.25) is 0 Å². The van der Waals surface area contributed by atoms with E-state index in [4.69, 9.17) is 15.1 Å². The van der Waals surface area contributed by atoms with Crippen molar-refractivity contribution in [2.24, 2.45) is 11.7 Å². The molecule has 3 atom stereocenters. The molecule has 2 aliphatic heterocycles. The van der Waals surface area contributed by atoms with Crippen LogP contribution in [0, 0.1) is 17.2 Å². The number of nitrogens with one attached hydrogen (secondary N) is 1. The molecule has 0 aliphatic carbocycles. The summed E-state index contributed by atoms with van der Waals surface area (Å²) < 4.78 is 12.5. The molecule has 4 N–H and O–H groups in total. The third-order valence-electron chi connectivity index (χ3n) is 5.22. The number of amides is 1. The highest BCUT2D eigenvalue weighted by Gasteiger charge is 2.33. The van der Waals surface area contributed by atoms with Crippen molar-refractivity contribution < 1.29 is 19.2 Å². The number of rotatable bonds is 4. The number of hydrogen-bond donors (Lipinski definition) is 3. The molecule has 3 heterocycles. The van der Waals surface area contributed by atoms with Crippen molar-refractivity contribution in [3.05, 3.63) is 35.5 Å². The fraction of sp³-hybridized carbons (Fsp3) is 0.389. The van der Waals surface area contributed by atoms with Gasteiger partial charge in [-0.25, -0.2) is 0 Å². The third kappa shape index (κ3) is 3.24. The molecule has 0 spiro atoms. The first-order valence-corrected chi connectivity index (χ1v) is 9.08. The lowest BCUT2D eigenvalue weighted by Gasteiger charge is -2.26. The zero-order valence-electron chi connectivity index (χ0n) is 15.3. The Kier molecular flexibility index (Phi) is 4.81. The number of ether oxygens (including phenoxy) is 1. The molecule has 2 unspecified atom stereocenters. The number of aromatic nitrogens is 2. The SMILES string of the molecule is CC1OB(O)c2ccc(Nc3nn(C4COCC[C@@H]4C#N)cc3C(N)=O)cc21. The molecule has 2 aromatic rings. The molecule has 1 amide bonds. The van der Waals surface area contributed by atoms with Gasteiger partial charge in [-0.3, -0.25) is 9.48 Å². The maximum absolute atomic E-state index is 11.9. The second kappa shape index (κ2) is 7.28. The Morgan fingerprint density at radius 1 is 1.54 bits per heavy atom. The Balaban J connectivity index is 1.65. The summed E-state index contributed by atoms with van der Waals surface area (Å²) in [6.07, 6.45) is 1.92. The Labute approximate surface area is 162 Å². The van der Waals surface area contributed by atoms with E-state index in [0.717, 1.165) is 11.0 Å². The minimum Gasteiger partial charge on any atom is -0.423 e. The second-order valence-corrected chi connectivity index (χ2v) is 7.00. The Hall–Kier alpha value is -2.87. The van der Waals surface area contributed by atoms with Gasteiger partial charge in [0, 0.05) is 18.5 Å². The van der Waals surface area contributed by atoms with E-state index in [0.29, 0.717) is 31.1 Å². The van der Waals surface area contributed by atoms with Gasteiger partial charge >= 0.3 is 7.12 Å². The van der Waals surface area contributed by atoms with Crippen molar-refractivity contribution in [2.45, 2.75) is 25.5 Å². The largest absolute Gasteiger partial charge is 0.491 e. The number of nitriles is 1. The molecule has 4 rings (SSSR count). The fourth-order valence-electron chi connectivity index (χ4n) is 3.67. The monoisotopic (exact) mass is 381 g/mol. The summed E-state index contributed by atoms with van der Waals surface area (Å²) in [6, 6.07) is 7.39. The van der Waals surface area contributed by atoms with Gasteiger partial charge < -0.3 is 25.5 Å². The van der Waals surface area contributed by atoms with Gasteiger partial charge in [0.15, 0.2) is 5.82 Å². The zero-order chi connectivity index (χ0) is 19.8. The molecule has 28 heavy (non-hydrogen) atoms. The van der Waals surface area contributed by atoms with Gasteiger partial charge in [-0.2, -0.15) is 10.4 Å². The van der Waals surface area contributed by atoms with Crippen LogP contribution < -0.4 is 16.5 Å². The average molecular weight is 381 g/mol. The maximum atomic E-state index is 11.9. The number of carbonyl (C=O) groups is 1. The first kappa shape index (κ1) is 18.5. The van der Waals surface area contributed by atoms with Crippen LogP contribution in [-0.2, 0) is 9.39 Å². The fourth-order valence-corrected chi connectivity index (χ4v) is 3.67. The molecular formula is C18H20BN5O4. The molecule has 1 aromatic heterocycles. The number of primary amides is 1. The lowest BCUT2D eigenvalue weighted by Crippen LogP contribution is -2.29. The molecular weight excluding hydrogens is 361 g/mol. The number of anilines is 2. The van der Waals surface area contributed by atoms with Gasteiger partial charge in [-0.1, -0.05) is 6.07 Å². The van der Waals surface area contributed by atoms with Crippen LogP contribution in [0.3, 0.4) is 0 Å². The summed E-state index contributed by atoms with van der Waals surface area (Å²) in [6.45, 7) is 2.74. The predicted octanol–water partition coefficient (Wildman–Crippen LogP) is 0.605. The second-order valence-electron chi connectivity index (χ2n) is 7.00. The highest BCUT2D eigenvalue weighted by Crippen LogP contribution is 2.30. The van der Waals surface area contributed by atoms with Gasteiger partial charge in [0.05, 0.1) is 30.7 Å². The predicted molar refractivity (Wildman–Crippen MR) is 101 cm³/mol. The van der Waals surface area contributed by atoms with Crippen LogP contribution in [0.5, 0.6) is 0 Å². The lowest BCUT2D eigenvalue weighted by molar-refractivity contribution is 0.0342. The first-order chi connectivity index (χ1) is 13.5. The number of nitrogens with two attached hydrogens (primary N) is 1. The molecule has 144 valence electrons. The smallest absolute Gasteiger partial charge is 0.423 e. The van der Waals surface area contributed by atoms with E-state index in [1.165, 1.54) is 0 Å². The van der Waals surface area contributed by atoms with Crippen molar-refractivity contribution in [1.29, 1.82) is 5.26 Å². The molecule has 2 aliphatic rings. The van der Waals surface area contributed by atoms with Crippen molar-refractivity contribution in [3.8, 4) is 6.07 Å². The van der Waals surface area contributed by atoms with Crippen LogP contribution >= 0.6 is 0 Å². The minimum absolute atomic E-state index is 0.229. The van der Waals surface area contributed by atoms with Gasteiger partial charge in [-0.05, 0) is 36.5 Å². The first-order valence-electron chi connectivity index (χ1n) is 9.08. The van der Waals surface area contributed by atoms with Gasteiger partial charge in [0.1, 0.15) is 5.56 Å². The molecule has 9 nitrogen and oxygen atoms in total. The summed E-state index contributed by atoms with van der Waals surface area (Å²) in [4.78, 5) is 11.9. The number of fused-ring (bicyclic) bond motifs is 1. The van der Waals surface area contributed by atoms with E-state index in [1.54, 1.807) is 23.0 Å². The highest BCUT2D eigenvalue weighted by atomic mass is 16.5. The Morgan fingerprint density at radius 3 is 3.11 bits per heavy atom. The van der Waals surface area contributed by atoms with E-state index < -0.39 is 13.0 Å². The van der Waals surface area contributed by atoms with Crippen molar-refractivity contribution in [1.82, 2.24) is 9.78 Å². The topological polar surface area (TPSA) is 135 Å². The summed E-state index contributed by atoms with van der Waals surface area (Å²) in [5.74, 6) is -0.559. The number of hydrogen-bond acceptors (Lipinski definition) is 7. The maximum Gasteiger partial charge on any atom is 0.491 e.